The third kappa shape index (κ3) is 5.33. The van der Waals surface area contributed by atoms with Gasteiger partial charge in [-0.1, -0.05) is 147 Å². The number of benzene rings is 9. The van der Waals surface area contributed by atoms with Crippen molar-refractivity contribution in [3.63, 3.8) is 0 Å². The van der Waals surface area contributed by atoms with E-state index < -0.39 is 0 Å². The molecule has 0 atom stereocenters. The second-order valence-electron chi connectivity index (χ2n) is 16.5. The second kappa shape index (κ2) is 13.4. The molecule has 11 aromatic rings. The van der Waals surface area contributed by atoms with E-state index in [9.17, 15) is 0 Å². The van der Waals surface area contributed by atoms with Crippen LogP contribution in [0.5, 0.6) is 0 Å². The smallest absolute Gasteiger partial charge is 0.0562 e. The molecule has 1 aliphatic rings. The van der Waals surface area contributed by atoms with Crippen LogP contribution in [-0.2, 0) is 5.41 Å². The van der Waals surface area contributed by atoms with Crippen LogP contribution in [0, 0.1) is 0 Å². The predicted molar refractivity (Wildman–Crippen MR) is 257 cm³/mol. The van der Waals surface area contributed by atoms with Gasteiger partial charge < -0.3 is 9.47 Å². The minimum atomic E-state index is -0.0933. The molecule has 12 rings (SSSR count). The first kappa shape index (κ1) is 34.8. The van der Waals surface area contributed by atoms with Gasteiger partial charge in [0.05, 0.1) is 16.7 Å². The highest BCUT2D eigenvalue weighted by atomic mass is 32.1. The molecule has 9 aromatic carbocycles. The number of thiophene rings is 1. The van der Waals surface area contributed by atoms with Gasteiger partial charge in [-0.3, -0.25) is 0 Å². The predicted octanol–water partition coefficient (Wildman–Crippen LogP) is 16.3. The minimum absolute atomic E-state index is 0.0933. The third-order valence-electron chi connectivity index (χ3n) is 12.8. The molecule has 0 saturated carbocycles. The van der Waals surface area contributed by atoms with Crippen molar-refractivity contribution in [2.75, 3.05) is 4.90 Å². The zero-order chi connectivity index (χ0) is 40.0. The highest BCUT2D eigenvalue weighted by Gasteiger charge is 2.35. The van der Waals surface area contributed by atoms with Gasteiger partial charge in [0.2, 0.25) is 0 Å². The molecule has 2 aromatic heterocycles. The molecule has 0 fully saturated rings. The normalized spacial score (nSPS) is 13.0. The van der Waals surface area contributed by atoms with E-state index in [0.29, 0.717) is 0 Å². The Bertz CT molecular complexity index is 3440. The van der Waals surface area contributed by atoms with E-state index in [1.54, 1.807) is 0 Å². The Kier molecular flexibility index (Phi) is 7.79. The molecule has 0 radical (unpaired) electrons. The van der Waals surface area contributed by atoms with Crippen LogP contribution in [0.1, 0.15) is 25.0 Å². The first-order chi connectivity index (χ1) is 29.5. The zero-order valence-corrected chi connectivity index (χ0v) is 34.2. The molecule has 0 aliphatic heterocycles. The number of anilines is 3. The Morgan fingerprint density at radius 2 is 1.02 bits per heavy atom. The number of aromatic nitrogens is 1. The lowest BCUT2D eigenvalue weighted by Crippen LogP contribution is -2.15. The summed E-state index contributed by atoms with van der Waals surface area (Å²) in [5.74, 6) is 0. The van der Waals surface area contributed by atoms with Gasteiger partial charge in [-0.15, -0.1) is 11.3 Å². The van der Waals surface area contributed by atoms with Crippen LogP contribution in [0.2, 0.25) is 0 Å². The molecule has 0 unspecified atom stereocenters. The Labute approximate surface area is 353 Å². The summed E-state index contributed by atoms with van der Waals surface area (Å²) in [5.41, 5.74) is 17.1. The van der Waals surface area contributed by atoms with Crippen molar-refractivity contribution in [2.24, 2.45) is 0 Å². The molecule has 0 bridgehead atoms. The Morgan fingerprint density at radius 3 is 1.82 bits per heavy atom. The summed E-state index contributed by atoms with van der Waals surface area (Å²) < 4.78 is 5.12. The van der Waals surface area contributed by atoms with Gasteiger partial charge in [-0.25, -0.2) is 0 Å². The van der Waals surface area contributed by atoms with Crippen molar-refractivity contribution in [3.8, 4) is 39.1 Å². The van der Waals surface area contributed by atoms with Gasteiger partial charge in [-0.05, 0) is 117 Å². The minimum Gasteiger partial charge on any atom is -0.310 e. The molecule has 0 saturated heterocycles. The zero-order valence-electron chi connectivity index (χ0n) is 33.4. The standard InChI is InChI=1S/C57H40N2S/c1-57(2)49-18-9-6-15-44(49)45-33-32-43(36-50(45)57)59-51-19-10-7-17-47(51)56-52(20-12-21-53(56)59)58(41-28-23-38(24-29-41)37-13-4-3-5-14-37)42-30-25-39(26-31-42)40-27-34-55-48(35-40)46-16-8-11-22-54(46)60-55/h3-36H,1-2H3. The molecule has 3 heteroatoms. The maximum absolute atomic E-state index is 2.47. The lowest BCUT2D eigenvalue weighted by molar-refractivity contribution is 0.660. The fourth-order valence-electron chi connectivity index (χ4n) is 9.87. The topological polar surface area (TPSA) is 8.17 Å². The maximum atomic E-state index is 2.47. The van der Waals surface area contributed by atoms with E-state index in [1.165, 1.54) is 92.2 Å². The molecule has 0 amide bonds. The Hall–Kier alpha value is -7.20. The molecule has 284 valence electrons. The Balaban J connectivity index is 1.03. The van der Waals surface area contributed by atoms with Crippen molar-refractivity contribution >= 4 is 70.4 Å². The average molecular weight is 785 g/mol. The van der Waals surface area contributed by atoms with E-state index in [0.717, 1.165) is 17.1 Å². The number of hydrogen-bond donors (Lipinski definition) is 0. The number of rotatable bonds is 6. The van der Waals surface area contributed by atoms with Gasteiger partial charge in [0.25, 0.3) is 0 Å². The molecular weight excluding hydrogens is 745 g/mol. The fraction of sp³-hybridized carbons (Fsp3) is 0.0526. The van der Waals surface area contributed by atoms with Gasteiger partial charge in [-0.2, -0.15) is 0 Å². The third-order valence-corrected chi connectivity index (χ3v) is 14.0. The largest absolute Gasteiger partial charge is 0.310 e. The number of nitrogens with zero attached hydrogens (tertiary/aromatic N) is 2. The van der Waals surface area contributed by atoms with Crippen molar-refractivity contribution in [2.45, 2.75) is 19.3 Å². The SMILES string of the molecule is CC1(C)c2ccccc2-c2ccc(-n3c4ccccc4c4c(N(c5ccc(-c6ccccc6)cc5)c5ccc(-c6ccc7sc8ccccc8c7c6)cc5)cccc43)cc21. The van der Waals surface area contributed by atoms with Crippen LogP contribution in [0.25, 0.3) is 81.0 Å². The van der Waals surface area contributed by atoms with Crippen LogP contribution in [0.4, 0.5) is 17.1 Å². The summed E-state index contributed by atoms with van der Waals surface area (Å²) in [4.78, 5) is 2.44. The average Bonchev–Trinajstić information content (AvgIpc) is 3.92. The molecule has 1 aliphatic carbocycles. The highest BCUT2D eigenvalue weighted by Crippen LogP contribution is 2.50. The van der Waals surface area contributed by atoms with Gasteiger partial charge >= 0.3 is 0 Å². The van der Waals surface area contributed by atoms with Gasteiger partial charge in [0, 0.05) is 53.4 Å². The van der Waals surface area contributed by atoms with E-state index in [4.69, 9.17) is 0 Å². The van der Waals surface area contributed by atoms with Crippen molar-refractivity contribution in [3.05, 3.63) is 217 Å². The summed E-state index contributed by atoms with van der Waals surface area (Å²) in [6.45, 7) is 4.72. The summed E-state index contributed by atoms with van der Waals surface area (Å²) in [7, 11) is 0. The molecule has 0 spiro atoms. The number of hydrogen-bond acceptors (Lipinski definition) is 2. The summed E-state index contributed by atoms with van der Waals surface area (Å²) in [6, 6.07) is 76.1. The van der Waals surface area contributed by atoms with E-state index >= 15 is 0 Å². The van der Waals surface area contributed by atoms with Crippen LogP contribution < -0.4 is 4.90 Å². The highest BCUT2D eigenvalue weighted by molar-refractivity contribution is 7.25. The molecule has 2 nitrogen and oxygen atoms in total. The van der Waals surface area contributed by atoms with Crippen molar-refractivity contribution in [1.29, 1.82) is 0 Å². The molecule has 0 N–H and O–H groups in total. The summed E-state index contributed by atoms with van der Waals surface area (Å²) >= 11 is 1.86. The summed E-state index contributed by atoms with van der Waals surface area (Å²) in [6.07, 6.45) is 0. The van der Waals surface area contributed by atoms with E-state index in [-0.39, 0.29) is 5.41 Å². The van der Waals surface area contributed by atoms with Gasteiger partial charge in [0.1, 0.15) is 0 Å². The van der Waals surface area contributed by atoms with Crippen molar-refractivity contribution < 1.29 is 0 Å². The van der Waals surface area contributed by atoms with Crippen LogP contribution in [0.3, 0.4) is 0 Å². The monoisotopic (exact) mass is 784 g/mol. The fourth-order valence-corrected chi connectivity index (χ4v) is 11.0. The lowest BCUT2D eigenvalue weighted by atomic mass is 9.82. The maximum Gasteiger partial charge on any atom is 0.0562 e. The molecular formula is C57H40N2S. The summed E-state index contributed by atoms with van der Waals surface area (Å²) in [5, 5.41) is 5.09. The quantitative estimate of drug-likeness (QED) is 0.163. The van der Waals surface area contributed by atoms with Crippen LogP contribution in [-0.4, -0.2) is 4.57 Å². The van der Waals surface area contributed by atoms with Crippen LogP contribution >= 0.6 is 11.3 Å². The van der Waals surface area contributed by atoms with Crippen molar-refractivity contribution in [1.82, 2.24) is 4.57 Å². The number of fused-ring (bicyclic) bond motifs is 9. The first-order valence-electron chi connectivity index (χ1n) is 20.8. The molecule has 2 heterocycles. The Morgan fingerprint density at radius 1 is 0.417 bits per heavy atom. The van der Waals surface area contributed by atoms with E-state index in [2.05, 4.69) is 230 Å². The first-order valence-corrected chi connectivity index (χ1v) is 21.6. The lowest BCUT2D eigenvalue weighted by Gasteiger charge is -2.27. The van der Waals surface area contributed by atoms with Gasteiger partial charge in [0.15, 0.2) is 0 Å². The van der Waals surface area contributed by atoms with Crippen LogP contribution in [0.15, 0.2) is 206 Å². The second-order valence-corrected chi connectivity index (χ2v) is 17.6. The molecule has 60 heavy (non-hydrogen) atoms. The number of para-hydroxylation sites is 1. The van der Waals surface area contributed by atoms with E-state index in [1.807, 2.05) is 11.3 Å².